The predicted octanol–water partition coefficient (Wildman–Crippen LogP) is 2.45. The molecule has 0 spiro atoms. The first-order chi connectivity index (χ1) is 5.06. The average molecular weight is 156 g/mol. The van der Waals surface area contributed by atoms with Crippen LogP contribution in [0.15, 0.2) is 11.6 Å². The summed E-state index contributed by atoms with van der Waals surface area (Å²) in [6, 6.07) is 0. The molecule has 0 heterocycles. The molecule has 0 atom stereocenters. The Hall–Kier alpha value is -0.790. The number of carboxylic acids is 1. The number of carboxylic acid groups (broad SMARTS) is 1. The first-order valence-corrected chi connectivity index (χ1v) is 3.98. The zero-order chi connectivity index (χ0) is 8.85. The van der Waals surface area contributed by atoms with Crippen LogP contribution in [0.25, 0.3) is 0 Å². The Morgan fingerprint density at radius 2 is 2.09 bits per heavy atom. The smallest absolute Gasteiger partial charge is 0.328 e. The van der Waals surface area contributed by atoms with Gasteiger partial charge in [-0.25, -0.2) is 4.79 Å². The molecule has 0 aromatic heterocycles. The Labute approximate surface area is 67.9 Å². The van der Waals surface area contributed by atoms with Crippen LogP contribution in [-0.4, -0.2) is 11.1 Å². The molecule has 0 unspecified atom stereocenters. The van der Waals surface area contributed by atoms with Crippen LogP contribution in [0.1, 0.15) is 33.6 Å². The highest BCUT2D eigenvalue weighted by Gasteiger charge is 2.00. The van der Waals surface area contributed by atoms with Crippen molar-refractivity contribution in [2.45, 2.75) is 33.6 Å². The molecule has 0 rings (SSSR count). The van der Waals surface area contributed by atoms with E-state index >= 15 is 0 Å². The molecule has 64 valence electrons. The summed E-state index contributed by atoms with van der Waals surface area (Å²) < 4.78 is 0. The lowest BCUT2D eigenvalue weighted by Crippen LogP contribution is -1.95. The lowest BCUT2D eigenvalue weighted by molar-refractivity contribution is -0.131. The molecular formula is C9H16O2. The molecule has 0 saturated carbocycles. The summed E-state index contributed by atoms with van der Waals surface area (Å²) in [7, 11) is 0. The Bertz CT molecular complexity index is 157. The van der Waals surface area contributed by atoms with Gasteiger partial charge < -0.3 is 5.11 Å². The van der Waals surface area contributed by atoms with Crippen LogP contribution in [0.5, 0.6) is 0 Å². The van der Waals surface area contributed by atoms with Gasteiger partial charge in [0.05, 0.1) is 0 Å². The standard InChI is InChI=1S/C9H16O2/c1-4-8(5-7(2)3)6-9(10)11/h6-7H,4-5H2,1-3H3,(H,10,11). The highest BCUT2D eigenvalue weighted by Crippen LogP contribution is 2.13. The second-order valence-electron chi connectivity index (χ2n) is 3.09. The minimum atomic E-state index is -0.831. The Balaban J connectivity index is 4.05. The number of rotatable bonds is 4. The maximum atomic E-state index is 10.3. The van der Waals surface area contributed by atoms with Crippen LogP contribution in [0, 0.1) is 5.92 Å². The third-order valence-corrected chi connectivity index (χ3v) is 1.45. The largest absolute Gasteiger partial charge is 0.478 e. The monoisotopic (exact) mass is 156 g/mol. The molecule has 0 radical (unpaired) electrons. The van der Waals surface area contributed by atoms with Crippen LogP contribution in [-0.2, 0) is 4.79 Å². The van der Waals surface area contributed by atoms with Crippen molar-refractivity contribution >= 4 is 5.97 Å². The third kappa shape index (κ3) is 5.64. The van der Waals surface area contributed by atoms with E-state index in [9.17, 15) is 4.79 Å². The van der Waals surface area contributed by atoms with E-state index in [1.807, 2.05) is 6.92 Å². The SMILES string of the molecule is CCC(=CC(=O)O)CC(C)C. The molecule has 0 saturated heterocycles. The summed E-state index contributed by atoms with van der Waals surface area (Å²) in [5.41, 5.74) is 1.02. The molecule has 2 nitrogen and oxygen atoms in total. The minimum Gasteiger partial charge on any atom is -0.478 e. The topological polar surface area (TPSA) is 37.3 Å². The van der Waals surface area contributed by atoms with Gasteiger partial charge in [0, 0.05) is 6.08 Å². The highest BCUT2D eigenvalue weighted by molar-refractivity contribution is 5.80. The van der Waals surface area contributed by atoms with Crippen LogP contribution in [0.4, 0.5) is 0 Å². The summed E-state index contributed by atoms with van der Waals surface area (Å²) in [5.74, 6) is -0.289. The van der Waals surface area contributed by atoms with Crippen molar-refractivity contribution in [2.24, 2.45) is 5.92 Å². The van der Waals surface area contributed by atoms with Crippen molar-refractivity contribution in [2.75, 3.05) is 0 Å². The third-order valence-electron chi connectivity index (χ3n) is 1.45. The number of aliphatic carboxylic acids is 1. The highest BCUT2D eigenvalue weighted by atomic mass is 16.4. The summed E-state index contributed by atoms with van der Waals surface area (Å²) in [4.78, 5) is 10.3. The average Bonchev–Trinajstić information content (AvgIpc) is 1.84. The van der Waals surface area contributed by atoms with Crippen molar-refractivity contribution in [3.63, 3.8) is 0 Å². The maximum Gasteiger partial charge on any atom is 0.328 e. The van der Waals surface area contributed by atoms with Crippen LogP contribution in [0.3, 0.4) is 0 Å². The molecule has 0 aliphatic carbocycles. The van der Waals surface area contributed by atoms with E-state index < -0.39 is 5.97 Å². The number of carbonyl (C=O) groups is 1. The Morgan fingerprint density at radius 1 is 1.55 bits per heavy atom. The fraction of sp³-hybridized carbons (Fsp3) is 0.667. The van der Waals surface area contributed by atoms with Crippen molar-refractivity contribution in [1.82, 2.24) is 0 Å². The molecule has 1 N–H and O–H groups in total. The van der Waals surface area contributed by atoms with E-state index in [-0.39, 0.29) is 0 Å². The van der Waals surface area contributed by atoms with E-state index in [1.54, 1.807) is 0 Å². The van der Waals surface area contributed by atoms with Crippen molar-refractivity contribution in [3.8, 4) is 0 Å². The van der Waals surface area contributed by atoms with Crippen LogP contribution in [0.2, 0.25) is 0 Å². The fourth-order valence-corrected chi connectivity index (χ4v) is 1.00. The molecule has 0 bridgehead atoms. The molecule has 0 amide bonds. The zero-order valence-electron chi connectivity index (χ0n) is 7.42. The molecule has 0 aromatic rings. The van der Waals surface area contributed by atoms with Gasteiger partial charge in [-0.05, 0) is 18.8 Å². The van der Waals surface area contributed by atoms with Gasteiger partial charge in [0.25, 0.3) is 0 Å². The zero-order valence-corrected chi connectivity index (χ0v) is 7.42. The van der Waals surface area contributed by atoms with E-state index in [4.69, 9.17) is 5.11 Å². The van der Waals surface area contributed by atoms with Crippen LogP contribution >= 0.6 is 0 Å². The minimum absolute atomic E-state index is 0.542. The summed E-state index contributed by atoms with van der Waals surface area (Å²) in [5, 5.41) is 8.45. The Morgan fingerprint density at radius 3 is 2.36 bits per heavy atom. The molecule has 0 aliphatic heterocycles. The van der Waals surface area contributed by atoms with Gasteiger partial charge in [0.1, 0.15) is 0 Å². The second-order valence-corrected chi connectivity index (χ2v) is 3.09. The summed E-state index contributed by atoms with van der Waals surface area (Å²) in [6.45, 7) is 6.16. The van der Waals surface area contributed by atoms with Gasteiger partial charge in [-0.3, -0.25) is 0 Å². The van der Waals surface area contributed by atoms with Crippen LogP contribution < -0.4 is 0 Å². The number of allylic oxidation sites excluding steroid dienone is 1. The summed E-state index contributed by atoms with van der Waals surface area (Å²) in [6.07, 6.45) is 3.05. The lowest BCUT2D eigenvalue weighted by Gasteiger charge is -2.05. The van der Waals surface area contributed by atoms with Crippen molar-refractivity contribution < 1.29 is 9.90 Å². The molecule has 0 fully saturated rings. The second kappa shape index (κ2) is 4.94. The molecule has 11 heavy (non-hydrogen) atoms. The van der Waals surface area contributed by atoms with Gasteiger partial charge in [0.2, 0.25) is 0 Å². The maximum absolute atomic E-state index is 10.3. The Kier molecular flexibility index (Phi) is 4.59. The number of hydrogen-bond acceptors (Lipinski definition) is 1. The van der Waals surface area contributed by atoms with Gasteiger partial charge in [-0.1, -0.05) is 26.3 Å². The van der Waals surface area contributed by atoms with Gasteiger partial charge in [-0.15, -0.1) is 0 Å². The molecule has 2 heteroatoms. The molecule has 0 aromatic carbocycles. The van der Waals surface area contributed by atoms with Crippen molar-refractivity contribution in [3.05, 3.63) is 11.6 Å². The fourth-order valence-electron chi connectivity index (χ4n) is 1.00. The molecular weight excluding hydrogens is 140 g/mol. The number of hydrogen-bond donors (Lipinski definition) is 1. The van der Waals surface area contributed by atoms with Gasteiger partial charge in [0.15, 0.2) is 0 Å². The van der Waals surface area contributed by atoms with Gasteiger partial charge in [-0.2, -0.15) is 0 Å². The molecule has 0 aliphatic rings. The van der Waals surface area contributed by atoms with Crippen molar-refractivity contribution in [1.29, 1.82) is 0 Å². The first kappa shape index (κ1) is 10.2. The van der Waals surface area contributed by atoms with E-state index in [2.05, 4.69) is 13.8 Å². The first-order valence-electron chi connectivity index (χ1n) is 3.98. The van der Waals surface area contributed by atoms with E-state index in [0.717, 1.165) is 18.4 Å². The summed E-state index contributed by atoms with van der Waals surface area (Å²) >= 11 is 0. The van der Waals surface area contributed by atoms with E-state index in [1.165, 1.54) is 6.08 Å². The predicted molar refractivity (Wildman–Crippen MR) is 45.5 cm³/mol. The normalized spacial score (nSPS) is 12.2. The van der Waals surface area contributed by atoms with E-state index in [0.29, 0.717) is 5.92 Å². The quantitative estimate of drug-likeness (QED) is 0.635. The van der Waals surface area contributed by atoms with Gasteiger partial charge >= 0.3 is 5.97 Å². The lowest BCUT2D eigenvalue weighted by atomic mass is 10.0.